The molecule has 13 nitrogen and oxygen atoms in total. The lowest BCUT2D eigenvalue weighted by molar-refractivity contribution is -0.156. The fraction of sp³-hybridized carbons (Fsp3) is 0.659. The molecule has 4 aromatic heterocycles. The Bertz CT molecular complexity index is 2100. The highest BCUT2D eigenvalue weighted by atomic mass is 32.1. The van der Waals surface area contributed by atoms with Crippen LogP contribution in [0.4, 0.5) is 0 Å². The van der Waals surface area contributed by atoms with E-state index in [4.69, 9.17) is 31.4 Å². The molecule has 0 bridgehead atoms. The molecule has 0 aliphatic heterocycles. The lowest BCUT2D eigenvalue weighted by atomic mass is 9.83. The third-order valence-electron chi connectivity index (χ3n) is 12.3. The van der Waals surface area contributed by atoms with Crippen LogP contribution >= 0.6 is 22.7 Å². The number of carbonyl (C=O) groups excluding carboxylic acids is 3. The highest BCUT2D eigenvalue weighted by Gasteiger charge is 2.32. The number of rotatable bonds is 12. The molecular formula is C44H61N7O6S2. The maximum Gasteiger partial charge on any atom is 0.306 e. The summed E-state index contributed by atoms with van der Waals surface area (Å²) in [4.78, 5) is 57.6. The summed E-state index contributed by atoms with van der Waals surface area (Å²) in [5.74, 6) is 1.76. The lowest BCUT2D eigenvalue weighted by Gasteiger charge is -2.29. The molecule has 4 aliphatic rings. The molecule has 2 atom stereocenters. The van der Waals surface area contributed by atoms with Crippen LogP contribution in [-0.2, 0) is 32.0 Å². The van der Waals surface area contributed by atoms with E-state index < -0.39 is 5.60 Å². The zero-order chi connectivity index (χ0) is 41.7. The molecule has 59 heavy (non-hydrogen) atoms. The van der Waals surface area contributed by atoms with Crippen molar-refractivity contribution < 1.29 is 28.6 Å². The molecule has 2 amide bonds. The number of carbonyl (C=O) groups is 3. The number of nitrogens with two attached hydrogens (primary N) is 3. The topological polar surface area (TPSA) is 209 Å². The number of aromatic nitrogens is 4. The van der Waals surface area contributed by atoms with Gasteiger partial charge in [-0.1, -0.05) is 0 Å². The molecule has 2 fully saturated rings. The average molecular weight is 848 g/mol. The Labute approximate surface area is 355 Å². The van der Waals surface area contributed by atoms with E-state index in [1.165, 1.54) is 20.9 Å². The van der Waals surface area contributed by atoms with Gasteiger partial charge >= 0.3 is 5.97 Å². The van der Waals surface area contributed by atoms with Crippen LogP contribution in [0.5, 0.6) is 11.8 Å². The number of thiophene rings is 2. The van der Waals surface area contributed by atoms with E-state index in [0.29, 0.717) is 54.8 Å². The van der Waals surface area contributed by atoms with Crippen LogP contribution < -0.4 is 26.7 Å². The van der Waals surface area contributed by atoms with Gasteiger partial charge in [-0.05, 0) is 152 Å². The fourth-order valence-corrected chi connectivity index (χ4v) is 12.0. The first-order chi connectivity index (χ1) is 28.3. The second-order valence-electron chi connectivity index (χ2n) is 18.0. The minimum absolute atomic E-state index is 0.0844. The number of fused-ring (bicyclic) bond motifs is 6. The van der Waals surface area contributed by atoms with Crippen LogP contribution in [0.1, 0.15) is 163 Å². The normalized spacial score (nSPS) is 24.3. The van der Waals surface area contributed by atoms with E-state index >= 15 is 0 Å². The zero-order valence-corrected chi connectivity index (χ0v) is 36.5. The van der Waals surface area contributed by atoms with Crippen LogP contribution in [-0.4, -0.2) is 61.6 Å². The minimum atomic E-state index is -0.440. The summed E-state index contributed by atoms with van der Waals surface area (Å²) in [5.41, 5.74) is 19.0. The summed E-state index contributed by atoms with van der Waals surface area (Å²) in [6.45, 7) is 5.71. The number of aryl methyl sites for hydroxylation is 2. The van der Waals surface area contributed by atoms with Gasteiger partial charge in [-0.2, -0.15) is 0 Å². The van der Waals surface area contributed by atoms with Gasteiger partial charge in [0.15, 0.2) is 0 Å². The zero-order valence-electron chi connectivity index (χ0n) is 34.8. The summed E-state index contributed by atoms with van der Waals surface area (Å²) < 4.78 is 18.3. The van der Waals surface area contributed by atoms with E-state index in [1.54, 1.807) is 35.3 Å². The quantitative estimate of drug-likeness (QED) is 0.116. The molecule has 0 spiro atoms. The summed E-state index contributed by atoms with van der Waals surface area (Å²) in [5, 5.41) is 2.10. The number of ether oxygens (including phenoxy) is 3. The van der Waals surface area contributed by atoms with Crippen molar-refractivity contribution in [3.63, 3.8) is 0 Å². The van der Waals surface area contributed by atoms with Crippen molar-refractivity contribution >= 4 is 60.9 Å². The molecule has 0 aromatic carbocycles. The van der Waals surface area contributed by atoms with Crippen molar-refractivity contribution in [2.24, 2.45) is 23.1 Å². The van der Waals surface area contributed by atoms with E-state index in [0.717, 1.165) is 123 Å². The van der Waals surface area contributed by atoms with Gasteiger partial charge < -0.3 is 31.4 Å². The SMILES string of the molecule is CC(C)(C)OC(=O)CC1CCC(Oc2ncnc3sc4c(c23)[C@@H](CCC(N)=O)CCC4)CC1.NC(=O)CC[C@H]1CCCc2sc3ncnc(OC4CCC(N)CC4)c3c21. The van der Waals surface area contributed by atoms with Gasteiger partial charge in [0, 0.05) is 35.1 Å². The Morgan fingerprint density at radius 1 is 0.678 bits per heavy atom. The number of nitrogens with zero attached hydrogens (tertiary/aromatic N) is 4. The van der Waals surface area contributed by atoms with Crippen molar-refractivity contribution in [2.75, 3.05) is 0 Å². The Morgan fingerprint density at radius 2 is 1.14 bits per heavy atom. The molecule has 4 aliphatic carbocycles. The van der Waals surface area contributed by atoms with E-state index in [9.17, 15) is 14.4 Å². The highest BCUT2D eigenvalue weighted by Crippen LogP contribution is 2.48. The van der Waals surface area contributed by atoms with Crippen molar-refractivity contribution in [1.29, 1.82) is 0 Å². The molecule has 8 rings (SSSR count). The maximum absolute atomic E-state index is 12.2. The van der Waals surface area contributed by atoms with Gasteiger partial charge in [0.1, 0.15) is 40.1 Å². The summed E-state index contributed by atoms with van der Waals surface area (Å²) >= 11 is 3.47. The largest absolute Gasteiger partial charge is 0.474 e. The Balaban J connectivity index is 0.000000184. The summed E-state index contributed by atoms with van der Waals surface area (Å²) in [6.07, 6.45) is 20.5. The minimum Gasteiger partial charge on any atom is -0.474 e. The molecule has 6 N–H and O–H groups in total. The molecule has 0 radical (unpaired) electrons. The molecule has 2 saturated carbocycles. The monoisotopic (exact) mass is 847 g/mol. The standard InChI is InChI=1S/C25H35N3O4S.C19H26N4O2S/c1-25(2,3)32-20(30)13-15-7-10-17(11-8-15)31-23-22-21-16(9-12-19(26)29)5-4-6-18(21)33-24(22)28-14-27-23;20-12-5-7-13(8-6-12)25-18-17-16-11(4-9-15(21)24)2-1-3-14(16)26-19(17)23-10-22-18/h14-17H,4-13H2,1-3H3,(H2,26,29);10-13H,1-9,20H2,(H2,21,24)/t15?,16-,17?;11-,12?,13?/m11/s1. The number of primary amides is 2. The first kappa shape index (κ1) is 43.1. The molecule has 0 saturated heterocycles. The smallest absolute Gasteiger partial charge is 0.306 e. The van der Waals surface area contributed by atoms with Gasteiger partial charge in [-0.15, -0.1) is 22.7 Å². The van der Waals surface area contributed by atoms with Crippen LogP contribution in [0, 0.1) is 5.92 Å². The Hall–Kier alpha value is -3.95. The summed E-state index contributed by atoms with van der Waals surface area (Å²) in [6, 6.07) is 0.298. The summed E-state index contributed by atoms with van der Waals surface area (Å²) in [7, 11) is 0. The molecule has 320 valence electrons. The molecule has 4 aromatic rings. The van der Waals surface area contributed by atoms with E-state index in [2.05, 4.69) is 19.9 Å². The fourth-order valence-electron chi connectivity index (χ4n) is 9.47. The van der Waals surface area contributed by atoms with Crippen LogP contribution in [0.15, 0.2) is 12.7 Å². The third-order valence-corrected chi connectivity index (χ3v) is 14.6. The Kier molecular flexibility index (Phi) is 14.0. The number of amides is 2. The predicted octanol–water partition coefficient (Wildman–Crippen LogP) is 8.07. The average Bonchev–Trinajstić information content (AvgIpc) is 3.78. The van der Waals surface area contributed by atoms with Crippen LogP contribution in [0.25, 0.3) is 20.4 Å². The second kappa shape index (κ2) is 19.2. The first-order valence-electron chi connectivity index (χ1n) is 21.7. The number of hydrogen-bond acceptors (Lipinski definition) is 13. The lowest BCUT2D eigenvalue weighted by Crippen LogP contribution is -2.31. The predicted molar refractivity (Wildman–Crippen MR) is 231 cm³/mol. The second-order valence-corrected chi connectivity index (χ2v) is 20.2. The van der Waals surface area contributed by atoms with Gasteiger partial charge in [0.2, 0.25) is 23.6 Å². The molecule has 4 heterocycles. The highest BCUT2D eigenvalue weighted by molar-refractivity contribution is 7.19. The third kappa shape index (κ3) is 11.1. The van der Waals surface area contributed by atoms with Crippen molar-refractivity contribution in [3.8, 4) is 11.8 Å². The van der Waals surface area contributed by atoms with Gasteiger partial charge in [0.25, 0.3) is 0 Å². The van der Waals surface area contributed by atoms with Crippen LogP contribution in [0.3, 0.4) is 0 Å². The van der Waals surface area contributed by atoms with Crippen molar-refractivity contribution in [3.05, 3.63) is 33.5 Å². The first-order valence-corrected chi connectivity index (χ1v) is 23.3. The molecular weight excluding hydrogens is 787 g/mol. The van der Waals surface area contributed by atoms with E-state index in [-0.39, 0.29) is 30.0 Å². The molecule has 0 unspecified atom stereocenters. The Morgan fingerprint density at radius 3 is 1.58 bits per heavy atom. The van der Waals surface area contributed by atoms with E-state index in [1.807, 2.05) is 20.8 Å². The van der Waals surface area contributed by atoms with Gasteiger partial charge in [-0.3, -0.25) is 14.4 Å². The van der Waals surface area contributed by atoms with Crippen molar-refractivity contribution in [2.45, 2.75) is 178 Å². The number of esters is 1. The molecule has 15 heteroatoms. The number of hydrogen-bond donors (Lipinski definition) is 3. The van der Waals surface area contributed by atoms with Gasteiger partial charge in [-0.25, -0.2) is 19.9 Å². The van der Waals surface area contributed by atoms with Crippen LogP contribution in [0.2, 0.25) is 0 Å². The van der Waals surface area contributed by atoms with Gasteiger partial charge in [0.05, 0.1) is 10.8 Å². The van der Waals surface area contributed by atoms with Crippen molar-refractivity contribution in [1.82, 2.24) is 19.9 Å². The maximum atomic E-state index is 12.2.